The summed E-state index contributed by atoms with van der Waals surface area (Å²) < 4.78 is 12.2. The van der Waals surface area contributed by atoms with Gasteiger partial charge in [-0.2, -0.15) is 5.10 Å². The number of carbonyl (C=O) groups is 2. The smallest absolute Gasteiger partial charge is 0.387 e. The van der Waals surface area contributed by atoms with E-state index in [1.165, 1.54) is 17.2 Å². The molecular weight excluding hydrogens is 454 g/mol. The molecule has 0 aliphatic heterocycles. The minimum atomic E-state index is -0.848. The van der Waals surface area contributed by atoms with Gasteiger partial charge >= 0.3 is 6.09 Å². The van der Waals surface area contributed by atoms with Gasteiger partial charge in [-0.3, -0.25) is 14.8 Å². The summed E-state index contributed by atoms with van der Waals surface area (Å²) in [7, 11) is 3.16. The number of anilines is 3. The summed E-state index contributed by atoms with van der Waals surface area (Å²) in [6.07, 6.45) is 8.69. The average Bonchev–Trinajstić information content (AvgIpc) is 3.63. The second kappa shape index (κ2) is 10.0. The number of methoxy groups -OCH3 is 1. The van der Waals surface area contributed by atoms with E-state index in [2.05, 4.69) is 41.0 Å². The van der Waals surface area contributed by atoms with E-state index in [1.807, 2.05) is 13.8 Å². The number of nitrogens with zero attached hydrogens (tertiary/aromatic N) is 6. The lowest BCUT2D eigenvalue weighted by Crippen LogP contribution is -2.40. The van der Waals surface area contributed by atoms with Crippen molar-refractivity contribution in [3.8, 4) is 5.88 Å². The fourth-order valence-corrected chi connectivity index (χ4v) is 3.09. The molecule has 184 valence electrons. The van der Waals surface area contributed by atoms with Crippen molar-refractivity contribution in [1.29, 1.82) is 0 Å². The molecule has 3 N–H and O–H groups in total. The molecule has 1 aliphatic carbocycles. The van der Waals surface area contributed by atoms with Crippen molar-refractivity contribution < 1.29 is 19.1 Å². The van der Waals surface area contributed by atoms with E-state index in [1.54, 1.807) is 32.7 Å². The van der Waals surface area contributed by atoms with Gasteiger partial charge in [0.15, 0.2) is 5.82 Å². The van der Waals surface area contributed by atoms with Gasteiger partial charge in [-0.15, -0.1) is 0 Å². The summed E-state index contributed by atoms with van der Waals surface area (Å²) in [4.78, 5) is 42.3. The maximum Gasteiger partial charge on any atom is 0.418 e. The highest BCUT2D eigenvalue weighted by molar-refractivity contribution is 6.01. The Morgan fingerprint density at radius 2 is 1.91 bits per heavy atom. The summed E-state index contributed by atoms with van der Waals surface area (Å²) in [6.45, 7) is 3.95. The number of rotatable bonds is 9. The number of nitrogens with one attached hydrogen (secondary N) is 3. The van der Waals surface area contributed by atoms with Crippen molar-refractivity contribution in [3.63, 3.8) is 0 Å². The lowest BCUT2D eigenvalue weighted by molar-refractivity contribution is 0.0227. The standard InChI is InChI=1S/C22H27N9O4/c1-22(2,34-4)11-26-19(32)17-16(10-27-31(17)3)30-21(33)35-20-18(28-14-7-23-12-24-8-14)25-9-15(29-20)13-5-6-13/h7-10,12-13H,5-6,11H2,1-4H3,(H,25,28)(H,26,32)(H,30,33). The molecule has 3 aromatic heterocycles. The van der Waals surface area contributed by atoms with Crippen molar-refractivity contribution in [2.75, 3.05) is 24.3 Å². The molecule has 1 saturated carbocycles. The molecule has 0 radical (unpaired) electrons. The summed E-state index contributed by atoms with van der Waals surface area (Å²) >= 11 is 0. The van der Waals surface area contributed by atoms with E-state index in [4.69, 9.17) is 9.47 Å². The van der Waals surface area contributed by atoms with Gasteiger partial charge in [-0.1, -0.05) is 0 Å². The maximum absolute atomic E-state index is 12.8. The summed E-state index contributed by atoms with van der Waals surface area (Å²) in [6, 6.07) is 0. The molecule has 3 aromatic rings. The number of aryl methyl sites for hydroxylation is 1. The molecule has 13 heteroatoms. The Morgan fingerprint density at radius 3 is 2.60 bits per heavy atom. The van der Waals surface area contributed by atoms with E-state index >= 15 is 0 Å². The minimum Gasteiger partial charge on any atom is -0.387 e. The number of amides is 2. The molecule has 1 fully saturated rings. The van der Waals surface area contributed by atoms with Crippen LogP contribution in [0.3, 0.4) is 0 Å². The average molecular weight is 482 g/mol. The van der Waals surface area contributed by atoms with Crippen LogP contribution in [-0.4, -0.2) is 61.0 Å². The fourth-order valence-electron chi connectivity index (χ4n) is 3.09. The van der Waals surface area contributed by atoms with Crippen LogP contribution >= 0.6 is 0 Å². The van der Waals surface area contributed by atoms with Crippen LogP contribution in [0.4, 0.5) is 22.0 Å². The molecule has 1 aliphatic rings. The van der Waals surface area contributed by atoms with Crippen molar-refractivity contribution in [2.24, 2.45) is 7.05 Å². The zero-order valence-electron chi connectivity index (χ0n) is 19.9. The van der Waals surface area contributed by atoms with Gasteiger partial charge in [0.05, 0.1) is 47.5 Å². The molecule has 3 heterocycles. The first-order chi connectivity index (χ1) is 16.8. The maximum atomic E-state index is 12.8. The van der Waals surface area contributed by atoms with Crippen LogP contribution in [0.15, 0.2) is 31.1 Å². The minimum absolute atomic E-state index is 0.00695. The second-order valence-corrected chi connectivity index (χ2v) is 8.67. The summed E-state index contributed by atoms with van der Waals surface area (Å²) in [5.41, 5.74) is 1.08. The predicted molar refractivity (Wildman–Crippen MR) is 126 cm³/mol. The largest absolute Gasteiger partial charge is 0.418 e. The van der Waals surface area contributed by atoms with Gasteiger partial charge in [-0.05, 0) is 26.7 Å². The second-order valence-electron chi connectivity index (χ2n) is 8.67. The van der Waals surface area contributed by atoms with E-state index in [-0.39, 0.29) is 29.6 Å². The van der Waals surface area contributed by atoms with Crippen LogP contribution in [0.5, 0.6) is 5.88 Å². The first-order valence-corrected chi connectivity index (χ1v) is 11.0. The van der Waals surface area contributed by atoms with Gasteiger partial charge in [-0.25, -0.2) is 24.7 Å². The van der Waals surface area contributed by atoms with Crippen LogP contribution in [0.1, 0.15) is 48.8 Å². The SMILES string of the molecule is COC(C)(C)CNC(=O)c1c(NC(=O)Oc2nc(C3CC3)cnc2Nc2cncnc2)cnn1C. The van der Waals surface area contributed by atoms with E-state index in [0.717, 1.165) is 18.5 Å². The highest BCUT2D eigenvalue weighted by Gasteiger charge is 2.28. The number of aromatic nitrogens is 6. The lowest BCUT2D eigenvalue weighted by Gasteiger charge is -2.23. The van der Waals surface area contributed by atoms with Crippen molar-refractivity contribution in [1.82, 2.24) is 35.0 Å². The van der Waals surface area contributed by atoms with Gasteiger partial charge in [0.1, 0.15) is 12.0 Å². The highest BCUT2D eigenvalue weighted by atomic mass is 16.6. The Bertz CT molecular complexity index is 1210. The molecule has 0 atom stereocenters. The van der Waals surface area contributed by atoms with Crippen LogP contribution in [0.2, 0.25) is 0 Å². The monoisotopic (exact) mass is 481 g/mol. The molecule has 0 aromatic carbocycles. The van der Waals surface area contributed by atoms with Crippen molar-refractivity contribution in [2.45, 2.75) is 38.2 Å². The molecule has 2 amide bonds. The first kappa shape index (κ1) is 24.0. The Morgan fingerprint density at radius 1 is 1.17 bits per heavy atom. The third kappa shape index (κ3) is 6.06. The Hall–Kier alpha value is -4.13. The molecule has 4 rings (SSSR count). The molecule has 13 nitrogen and oxygen atoms in total. The van der Waals surface area contributed by atoms with Crippen molar-refractivity contribution in [3.05, 3.63) is 42.5 Å². The molecule has 0 saturated heterocycles. The van der Waals surface area contributed by atoms with Gasteiger partial charge in [0.2, 0.25) is 0 Å². The number of ether oxygens (including phenoxy) is 2. The van der Waals surface area contributed by atoms with Crippen LogP contribution in [-0.2, 0) is 11.8 Å². The number of hydrogen-bond donors (Lipinski definition) is 3. The van der Waals surface area contributed by atoms with Gasteiger partial charge < -0.3 is 20.1 Å². The topological polar surface area (TPSA) is 158 Å². The highest BCUT2D eigenvalue weighted by Crippen LogP contribution is 2.40. The van der Waals surface area contributed by atoms with E-state index in [9.17, 15) is 9.59 Å². The Balaban J connectivity index is 1.50. The van der Waals surface area contributed by atoms with E-state index in [0.29, 0.717) is 11.6 Å². The Labute approximate surface area is 201 Å². The molecule has 0 bridgehead atoms. The Kier molecular flexibility index (Phi) is 6.87. The summed E-state index contributed by atoms with van der Waals surface area (Å²) in [5, 5.41) is 12.4. The summed E-state index contributed by atoms with van der Waals surface area (Å²) in [5.74, 6) is 0.0946. The van der Waals surface area contributed by atoms with Crippen LogP contribution < -0.4 is 20.7 Å². The normalized spacial score (nSPS) is 13.3. The molecule has 0 unspecified atom stereocenters. The third-order valence-electron chi connectivity index (χ3n) is 5.39. The molecule has 0 spiro atoms. The van der Waals surface area contributed by atoms with E-state index < -0.39 is 17.6 Å². The first-order valence-electron chi connectivity index (χ1n) is 11.0. The number of hydrogen-bond acceptors (Lipinski definition) is 10. The van der Waals surface area contributed by atoms with Crippen LogP contribution in [0, 0.1) is 0 Å². The predicted octanol–water partition coefficient (Wildman–Crippen LogP) is 2.39. The van der Waals surface area contributed by atoms with Crippen molar-refractivity contribution >= 4 is 29.2 Å². The van der Waals surface area contributed by atoms with Crippen LogP contribution in [0.25, 0.3) is 0 Å². The van der Waals surface area contributed by atoms with Gasteiger partial charge in [0.25, 0.3) is 11.8 Å². The lowest BCUT2D eigenvalue weighted by atomic mass is 10.1. The third-order valence-corrected chi connectivity index (χ3v) is 5.39. The molecule has 35 heavy (non-hydrogen) atoms. The number of carbonyl (C=O) groups excluding carboxylic acids is 2. The zero-order chi connectivity index (χ0) is 25.0. The fraction of sp³-hybridized carbons (Fsp3) is 0.409. The quantitative estimate of drug-likeness (QED) is 0.414. The molecular formula is C22H27N9O4. The van der Waals surface area contributed by atoms with Gasteiger partial charge in [0, 0.05) is 26.6 Å². The zero-order valence-corrected chi connectivity index (χ0v) is 19.9.